The normalized spacial score (nSPS) is 16.0. The molecule has 0 radical (unpaired) electrons. The lowest BCUT2D eigenvalue weighted by molar-refractivity contribution is -0.129. The maximum atomic E-state index is 12.3. The number of carbonyl (C=O) groups excluding carboxylic acids is 2. The summed E-state index contributed by atoms with van der Waals surface area (Å²) in [5.74, 6) is -0.482. The molecule has 7 nitrogen and oxygen atoms in total. The van der Waals surface area contributed by atoms with Crippen LogP contribution in [0.1, 0.15) is 30.5 Å². The molecule has 2 amide bonds. The van der Waals surface area contributed by atoms with Gasteiger partial charge in [-0.15, -0.1) is 0 Å². The minimum Gasteiger partial charge on any atom is -0.320 e. The highest BCUT2D eigenvalue weighted by Gasteiger charge is 2.28. The van der Waals surface area contributed by atoms with Crippen molar-refractivity contribution in [3.8, 4) is 0 Å². The molecule has 7 heteroatoms. The number of rotatable bonds is 3. The first-order valence-corrected chi connectivity index (χ1v) is 7.18. The molecule has 3 rings (SSSR count). The second kappa shape index (κ2) is 5.96. The van der Waals surface area contributed by atoms with E-state index < -0.39 is 11.6 Å². The Morgan fingerprint density at radius 2 is 2.09 bits per heavy atom. The smallest absolute Gasteiger partial charge is 0.287 e. The van der Waals surface area contributed by atoms with E-state index in [1.54, 1.807) is 6.20 Å². The summed E-state index contributed by atoms with van der Waals surface area (Å²) in [5.41, 5.74) is 1.64. The van der Waals surface area contributed by atoms with Crippen molar-refractivity contribution in [1.82, 2.24) is 15.1 Å². The average Bonchev–Trinajstić information content (AvgIpc) is 2.92. The van der Waals surface area contributed by atoms with E-state index in [1.165, 1.54) is 18.0 Å². The summed E-state index contributed by atoms with van der Waals surface area (Å²) in [5, 5.41) is 7.42. The van der Waals surface area contributed by atoms with Gasteiger partial charge in [-0.1, -0.05) is 24.3 Å². The van der Waals surface area contributed by atoms with Gasteiger partial charge in [0, 0.05) is 19.3 Å². The van der Waals surface area contributed by atoms with Crippen LogP contribution in [-0.2, 0) is 9.59 Å². The Kier molecular flexibility index (Phi) is 3.84. The first kappa shape index (κ1) is 14.8. The summed E-state index contributed by atoms with van der Waals surface area (Å²) in [6.45, 7) is 1.46. The minimum atomic E-state index is -0.397. The Bertz CT molecular complexity index is 834. The highest BCUT2D eigenvalue weighted by atomic mass is 16.2. The maximum absolute atomic E-state index is 12.3. The van der Waals surface area contributed by atoms with Crippen LogP contribution < -0.4 is 10.9 Å². The van der Waals surface area contributed by atoms with Crippen molar-refractivity contribution >= 4 is 23.6 Å². The molecule has 0 fully saturated rings. The monoisotopic (exact) mass is 312 g/mol. The van der Waals surface area contributed by atoms with E-state index in [9.17, 15) is 14.4 Å². The predicted molar refractivity (Wildman–Crippen MR) is 85.4 cm³/mol. The van der Waals surface area contributed by atoms with Crippen LogP contribution in [0.25, 0.3) is 6.08 Å². The Labute approximate surface area is 132 Å². The van der Waals surface area contributed by atoms with Crippen molar-refractivity contribution in [2.45, 2.75) is 19.4 Å². The Morgan fingerprint density at radius 3 is 2.78 bits per heavy atom. The van der Waals surface area contributed by atoms with E-state index in [0.717, 1.165) is 11.1 Å². The number of benzene rings is 1. The second-order valence-corrected chi connectivity index (χ2v) is 5.30. The number of aromatic amines is 2. The third kappa shape index (κ3) is 2.94. The molecule has 23 heavy (non-hydrogen) atoms. The van der Waals surface area contributed by atoms with Gasteiger partial charge in [-0.25, -0.2) is 0 Å². The van der Waals surface area contributed by atoms with Gasteiger partial charge in [-0.3, -0.25) is 19.5 Å². The highest BCUT2D eigenvalue weighted by Crippen LogP contribution is 2.32. The Morgan fingerprint density at radius 1 is 1.30 bits per heavy atom. The molecule has 1 aromatic heterocycles. The molecule has 1 aliphatic heterocycles. The van der Waals surface area contributed by atoms with Crippen LogP contribution in [0.15, 0.2) is 41.5 Å². The first-order valence-electron chi connectivity index (χ1n) is 7.18. The molecule has 0 aliphatic carbocycles. The van der Waals surface area contributed by atoms with Crippen LogP contribution >= 0.6 is 0 Å². The van der Waals surface area contributed by atoms with E-state index in [4.69, 9.17) is 0 Å². The number of H-pyrrole nitrogens is 2. The standard InChI is InChI=1S/C16H16N4O3/c1-10(21)20-7-6-11-4-2-3-5-12(11)14(20)8-15(22)18-13-9-17-19-16(13)23/h2-7,9,14H,8H2,1H3,(H,18,22)(H2,17,19,23). The van der Waals surface area contributed by atoms with Gasteiger partial charge in [-0.2, -0.15) is 0 Å². The fraction of sp³-hybridized carbons (Fsp3) is 0.188. The summed E-state index contributed by atoms with van der Waals surface area (Å²) < 4.78 is 0. The number of hydrogen-bond donors (Lipinski definition) is 3. The van der Waals surface area contributed by atoms with Crippen molar-refractivity contribution in [3.05, 3.63) is 58.1 Å². The number of carbonyl (C=O) groups is 2. The number of hydrogen-bond acceptors (Lipinski definition) is 3. The molecule has 2 heterocycles. The molecule has 118 valence electrons. The zero-order valence-electron chi connectivity index (χ0n) is 12.5. The van der Waals surface area contributed by atoms with E-state index in [2.05, 4.69) is 15.5 Å². The molecule has 0 bridgehead atoms. The van der Waals surface area contributed by atoms with E-state index in [1.807, 2.05) is 30.3 Å². The van der Waals surface area contributed by atoms with Gasteiger partial charge in [-0.05, 0) is 17.2 Å². The third-order valence-corrected chi connectivity index (χ3v) is 3.77. The number of anilines is 1. The molecule has 3 N–H and O–H groups in total. The largest absolute Gasteiger partial charge is 0.320 e. The topological polar surface area (TPSA) is 98.1 Å². The van der Waals surface area contributed by atoms with Crippen LogP contribution in [0.2, 0.25) is 0 Å². The van der Waals surface area contributed by atoms with Crippen molar-refractivity contribution < 1.29 is 9.59 Å². The maximum Gasteiger partial charge on any atom is 0.287 e. The van der Waals surface area contributed by atoms with Crippen molar-refractivity contribution in [2.24, 2.45) is 0 Å². The summed E-state index contributed by atoms with van der Waals surface area (Å²) in [7, 11) is 0. The summed E-state index contributed by atoms with van der Waals surface area (Å²) >= 11 is 0. The molecule has 1 unspecified atom stereocenters. The van der Waals surface area contributed by atoms with Gasteiger partial charge in [0.2, 0.25) is 11.8 Å². The number of nitrogens with one attached hydrogen (secondary N) is 3. The Hall–Kier alpha value is -3.09. The van der Waals surface area contributed by atoms with Gasteiger partial charge in [0.05, 0.1) is 12.5 Å². The number of fused-ring (bicyclic) bond motifs is 1. The average molecular weight is 312 g/mol. The quantitative estimate of drug-likeness (QED) is 0.803. The van der Waals surface area contributed by atoms with Gasteiger partial charge in [0.25, 0.3) is 5.56 Å². The summed E-state index contributed by atoms with van der Waals surface area (Å²) in [4.78, 5) is 37.1. The molecular formula is C16H16N4O3. The van der Waals surface area contributed by atoms with Crippen LogP contribution in [0.4, 0.5) is 5.69 Å². The van der Waals surface area contributed by atoms with Crippen LogP contribution in [-0.4, -0.2) is 26.9 Å². The molecule has 2 aromatic rings. The van der Waals surface area contributed by atoms with Gasteiger partial charge in [0.1, 0.15) is 5.69 Å². The van der Waals surface area contributed by atoms with Crippen LogP contribution in [0.3, 0.4) is 0 Å². The lowest BCUT2D eigenvalue weighted by atomic mass is 9.93. The zero-order chi connectivity index (χ0) is 16.4. The SMILES string of the molecule is CC(=O)N1C=Cc2ccccc2C1CC(=O)Nc1c[nH][nH]c1=O. The second-order valence-electron chi connectivity index (χ2n) is 5.30. The molecule has 0 saturated carbocycles. The van der Waals surface area contributed by atoms with Crippen molar-refractivity contribution in [1.29, 1.82) is 0 Å². The van der Waals surface area contributed by atoms with Crippen LogP contribution in [0, 0.1) is 0 Å². The number of aromatic nitrogens is 2. The lowest BCUT2D eigenvalue weighted by Gasteiger charge is -2.32. The molecule has 1 atom stereocenters. The number of nitrogens with zero attached hydrogens (tertiary/aromatic N) is 1. The molecule has 1 aromatic carbocycles. The van der Waals surface area contributed by atoms with E-state index in [-0.39, 0.29) is 23.9 Å². The highest BCUT2D eigenvalue weighted by molar-refractivity contribution is 5.91. The predicted octanol–water partition coefficient (Wildman–Crippen LogP) is 1.61. The first-order chi connectivity index (χ1) is 11.1. The van der Waals surface area contributed by atoms with Crippen molar-refractivity contribution in [2.75, 3.05) is 5.32 Å². The van der Waals surface area contributed by atoms with Gasteiger partial charge in [0.15, 0.2) is 0 Å². The summed E-state index contributed by atoms with van der Waals surface area (Å²) in [6.07, 6.45) is 4.98. The minimum absolute atomic E-state index is 0.0611. The third-order valence-electron chi connectivity index (χ3n) is 3.77. The van der Waals surface area contributed by atoms with Crippen LogP contribution in [0.5, 0.6) is 0 Å². The van der Waals surface area contributed by atoms with Gasteiger partial charge < -0.3 is 15.3 Å². The number of amides is 2. The van der Waals surface area contributed by atoms with E-state index in [0.29, 0.717) is 0 Å². The fourth-order valence-electron chi connectivity index (χ4n) is 2.69. The molecular weight excluding hydrogens is 296 g/mol. The lowest BCUT2D eigenvalue weighted by Crippen LogP contribution is -2.33. The Balaban J connectivity index is 1.85. The molecule has 0 spiro atoms. The van der Waals surface area contributed by atoms with Crippen molar-refractivity contribution in [3.63, 3.8) is 0 Å². The molecule has 1 aliphatic rings. The van der Waals surface area contributed by atoms with Gasteiger partial charge >= 0.3 is 0 Å². The fourth-order valence-corrected chi connectivity index (χ4v) is 2.69. The molecule has 0 saturated heterocycles. The zero-order valence-corrected chi connectivity index (χ0v) is 12.5. The van der Waals surface area contributed by atoms with E-state index >= 15 is 0 Å². The summed E-state index contributed by atoms with van der Waals surface area (Å²) in [6, 6.07) is 7.22.